The van der Waals surface area contributed by atoms with Gasteiger partial charge in [-0.05, 0) is 42.5 Å². The van der Waals surface area contributed by atoms with E-state index < -0.39 is 5.97 Å². The van der Waals surface area contributed by atoms with Gasteiger partial charge in [-0.1, -0.05) is 6.07 Å². The Balaban J connectivity index is 1.42. The highest BCUT2D eigenvalue weighted by Gasteiger charge is 2.14. The number of carbonyl (C=O) groups excluding carboxylic acids is 2. The van der Waals surface area contributed by atoms with E-state index in [0.717, 1.165) is 5.69 Å². The Morgan fingerprint density at radius 2 is 1.79 bits per heavy atom. The molecule has 2 aromatic carbocycles. The quantitative estimate of drug-likeness (QED) is 0.641. The van der Waals surface area contributed by atoms with Crippen molar-refractivity contribution < 1.29 is 23.8 Å². The molecule has 0 bridgehead atoms. The average molecular weight is 391 g/mol. The second kappa shape index (κ2) is 7.89. The van der Waals surface area contributed by atoms with Gasteiger partial charge in [-0.3, -0.25) is 4.79 Å². The minimum absolute atomic E-state index is 0.215. The van der Waals surface area contributed by atoms with Crippen molar-refractivity contribution in [1.29, 1.82) is 0 Å². The van der Waals surface area contributed by atoms with Gasteiger partial charge in [-0.15, -0.1) is 0 Å². The van der Waals surface area contributed by atoms with Crippen LogP contribution in [0.4, 0.5) is 17.1 Å². The number of hydrogen-bond donors (Lipinski definition) is 2. The molecule has 1 aliphatic heterocycles. The smallest absolute Gasteiger partial charge is 0.337 e. The number of aromatic nitrogens is 1. The molecule has 3 aromatic rings. The summed E-state index contributed by atoms with van der Waals surface area (Å²) in [6.45, 7) is 0.215. The maximum absolute atomic E-state index is 12.4. The molecule has 8 nitrogen and oxygen atoms in total. The first kappa shape index (κ1) is 18.3. The molecular formula is C21H17N3O5. The number of nitrogens with zero attached hydrogens (tertiary/aromatic N) is 1. The van der Waals surface area contributed by atoms with Crippen LogP contribution in [-0.2, 0) is 4.74 Å². The summed E-state index contributed by atoms with van der Waals surface area (Å²) in [5.74, 6) is 0.518. The Bertz CT molecular complexity index is 1070. The molecule has 0 aliphatic carbocycles. The number of amides is 1. The van der Waals surface area contributed by atoms with Gasteiger partial charge in [0.15, 0.2) is 11.5 Å². The number of rotatable bonds is 5. The Morgan fingerprint density at radius 1 is 0.966 bits per heavy atom. The minimum Gasteiger partial charge on any atom is -0.465 e. The van der Waals surface area contributed by atoms with Crippen molar-refractivity contribution in [1.82, 2.24) is 4.98 Å². The highest BCUT2D eigenvalue weighted by Crippen LogP contribution is 2.35. The van der Waals surface area contributed by atoms with Crippen LogP contribution in [0.15, 0.2) is 60.8 Å². The van der Waals surface area contributed by atoms with E-state index in [0.29, 0.717) is 28.4 Å². The topological polar surface area (TPSA) is 98.8 Å². The van der Waals surface area contributed by atoms with Crippen LogP contribution < -0.4 is 20.1 Å². The van der Waals surface area contributed by atoms with E-state index in [2.05, 4.69) is 20.4 Å². The molecule has 0 unspecified atom stereocenters. The second-order valence-corrected chi connectivity index (χ2v) is 6.15. The Morgan fingerprint density at radius 3 is 2.59 bits per heavy atom. The van der Waals surface area contributed by atoms with Crippen LogP contribution in [-0.4, -0.2) is 30.8 Å². The van der Waals surface area contributed by atoms with Crippen molar-refractivity contribution in [2.45, 2.75) is 0 Å². The molecular weight excluding hydrogens is 374 g/mol. The fourth-order valence-electron chi connectivity index (χ4n) is 2.78. The summed E-state index contributed by atoms with van der Waals surface area (Å²) < 4.78 is 15.3. The fourth-order valence-corrected chi connectivity index (χ4v) is 2.78. The van der Waals surface area contributed by atoms with Crippen LogP contribution in [0.25, 0.3) is 0 Å². The molecule has 2 N–H and O–H groups in total. The van der Waals surface area contributed by atoms with Crippen molar-refractivity contribution >= 4 is 28.9 Å². The predicted octanol–water partition coefficient (Wildman–Crippen LogP) is 3.59. The lowest BCUT2D eigenvalue weighted by atomic mass is 10.2. The summed E-state index contributed by atoms with van der Waals surface area (Å²) in [5.41, 5.74) is 2.59. The number of hydrogen-bond acceptors (Lipinski definition) is 7. The molecule has 1 amide bonds. The summed E-state index contributed by atoms with van der Waals surface area (Å²) in [7, 11) is 1.30. The molecule has 0 saturated heterocycles. The molecule has 0 radical (unpaired) electrons. The number of anilines is 3. The molecule has 1 aliphatic rings. The van der Waals surface area contributed by atoms with Crippen molar-refractivity contribution in [3.05, 3.63) is 72.1 Å². The van der Waals surface area contributed by atoms with Crippen molar-refractivity contribution in [2.24, 2.45) is 0 Å². The van der Waals surface area contributed by atoms with Gasteiger partial charge >= 0.3 is 5.97 Å². The van der Waals surface area contributed by atoms with Crippen LogP contribution in [0.5, 0.6) is 11.5 Å². The maximum Gasteiger partial charge on any atom is 0.337 e. The van der Waals surface area contributed by atoms with Crippen molar-refractivity contribution in [2.75, 3.05) is 24.5 Å². The van der Waals surface area contributed by atoms with E-state index in [1.165, 1.54) is 7.11 Å². The lowest BCUT2D eigenvalue weighted by Crippen LogP contribution is -2.14. The molecule has 0 spiro atoms. The molecule has 146 valence electrons. The number of esters is 1. The number of fused-ring (bicyclic) bond motifs is 1. The third-order valence-corrected chi connectivity index (χ3v) is 4.20. The number of methoxy groups -OCH3 is 1. The standard InChI is InChI=1S/C21H17N3O5/c1-27-21(26)13-3-2-4-14(9-13)24-20(25)17-7-5-16(11-22-17)23-15-6-8-18-19(10-15)29-12-28-18/h2-11,23H,12H2,1H3,(H,24,25). The van der Waals surface area contributed by atoms with Gasteiger partial charge in [0.1, 0.15) is 5.69 Å². The summed E-state index contributed by atoms with van der Waals surface area (Å²) in [6.07, 6.45) is 1.56. The third kappa shape index (κ3) is 4.11. The van der Waals surface area contributed by atoms with Gasteiger partial charge in [0.05, 0.1) is 24.6 Å². The molecule has 0 saturated carbocycles. The van der Waals surface area contributed by atoms with Crippen LogP contribution >= 0.6 is 0 Å². The van der Waals surface area contributed by atoms with Gasteiger partial charge in [0, 0.05) is 17.4 Å². The first-order chi connectivity index (χ1) is 14.1. The summed E-state index contributed by atoms with van der Waals surface area (Å²) in [4.78, 5) is 28.2. The number of nitrogens with one attached hydrogen (secondary N) is 2. The minimum atomic E-state index is -0.474. The SMILES string of the molecule is COC(=O)c1cccc(NC(=O)c2ccc(Nc3ccc4c(c3)OCO4)cn2)c1. The van der Waals surface area contributed by atoms with E-state index in [9.17, 15) is 9.59 Å². The Kier molecular flexibility index (Phi) is 4.98. The average Bonchev–Trinajstić information content (AvgIpc) is 3.22. The highest BCUT2D eigenvalue weighted by atomic mass is 16.7. The Hall–Kier alpha value is -4.07. The molecule has 0 fully saturated rings. The van der Waals surface area contributed by atoms with Gasteiger partial charge in [-0.25, -0.2) is 9.78 Å². The lowest BCUT2D eigenvalue weighted by molar-refractivity contribution is 0.0600. The number of benzene rings is 2. The molecule has 8 heteroatoms. The molecule has 1 aromatic heterocycles. The summed E-state index contributed by atoms with van der Waals surface area (Å²) in [5, 5.41) is 5.91. The number of ether oxygens (including phenoxy) is 3. The van der Waals surface area contributed by atoms with E-state index in [-0.39, 0.29) is 18.4 Å². The maximum atomic E-state index is 12.4. The number of carbonyl (C=O) groups is 2. The zero-order chi connectivity index (χ0) is 20.2. The summed E-state index contributed by atoms with van der Waals surface area (Å²) >= 11 is 0. The molecule has 2 heterocycles. The van der Waals surface area contributed by atoms with Crippen LogP contribution in [0, 0.1) is 0 Å². The largest absolute Gasteiger partial charge is 0.465 e. The summed E-state index contributed by atoms with van der Waals surface area (Å²) in [6, 6.07) is 15.4. The molecule has 4 rings (SSSR count). The number of pyridine rings is 1. The first-order valence-electron chi connectivity index (χ1n) is 8.75. The van der Waals surface area contributed by atoms with Crippen molar-refractivity contribution in [3.63, 3.8) is 0 Å². The van der Waals surface area contributed by atoms with Gasteiger partial charge in [-0.2, -0.15) is 0 Å². The second-order valence-electron chi connectivity index (χ2n) is 6.15. The van der Waals surface area contributed by atoms with Gasteiger partial charge in [0.2, 0.25) is 6.79 Å². The van der Waals surface area contributed by atoms with E-state index in [1.807, 2.05) is 18.2 Å². The van der Waals surface area contributed by atoms with E-state index in [4.69, 9.17) is 9.47 Å². The zero-order valence-electron chi connectivity index (χ0n) is 15.5. The third-order valence-electron chi connectivity index (χ3n) is 4.20. The van der Waals surface area contributed by atoms with Crippen LogP contribution in [0.1, 0.15) is 20.8 Å². The lowest BCUT2D eigenvalue weighted by Gasteiger charge is -2.09. The van der Waals surface area contributed by atoms with Crippen molar-refractivity contribution in [3.8, 4) is 11.5 Å². The fraction of sp³-hybridized carbons (Fsp3) is 0.0952. The van der Waals surface area contributed by atoms with E-state index in [1.54, 1.807) is 42.6 Å². The predicted molar refractivity (Wildman–Crippen MR) is 106 cm³/mol. The zero-order valence-corrected chi connectivity index (χ0v) is 15.5. The van der Waals surface area contributed by atoms with Crippen LogP contribution in [0.2, 0.25) is 0 Å². The first-order valence-corrected chi connectivity index (χ1v) is 8.75. The van der Waals surface area contributed by atoms with E-state index >= 15 is 0 Å². The van der Waals surface area contributed by atoms with Gasteiger partial charge < -0.3 is 24.8 Å². The highest BCUT2D eigenvalue weighted by molar-refractivity contribution is 6.03. The van der Waals surface area contributed by atoms with Crippen LogP contribution in [0.3, 0.4) is 0 Å². The molecule has 29 heavy (non-hydrogen) atoms. The normalized spacial score (nSPS) is 11.6. The monoisotopic (exact) mass is 391 g/mol. The molecule has 0 atom stereocenters. The van der Waals surface area contributed by atoms with Gasteiger partial charge in [0.25, 0.3) is 5.91 Å². The Labute approximate surface area is 166 Å².